The summed E-state index contributed by atoms with van der Waals surface area (Å²) in [5, 5.41) is 8.74. The monoisotopic (exact) mass is 344 g/mol. The van der Waals surface area contributed by atoms with E-state index in [1.54, 1.807) is 12.1 Å². The standard InChI is InChI=1S/C21H17FN4/c1-14-6-8-16(9-7-14)20-21(25-24-18-12-10-17(22)11-13-18)26-15(2)4-3-5-19(26)23-20/h3-13H,1-2H3. The highest BCUT2D eigenvalue weighted by Gasteiger charge is 2.15. The maximum absolute atomic E-state index is 13.1. The Morgan fingerprint density at radius 1 is 0.846 bits per heavy atom. The van der Waals surface area contributed by atoms with E-state index in [2.05, 4.69) is 10.2 Å². The normalized spacial score (nSPS) is 11.5. The van der Waals surface area contributed by atoms with Crippen molar-refractivity contribution in [1.82, 2.24) is 9.38 Å². The minimum absolute atomic E-state index is 0.296. The number of benzene rings is 2. The van der Waals surface area contributed by atoms with Crippen molar-refractivity contribution in [1.29, 1.82) is 0 Å². The summed E-state index contributed by atoms with van der Waals surface area (Å²) in [6, 6.07) is 20.0. The molecule has 0 bridgehead atoms. The van der Waals surface area contributed by atoms with Crippen LogP contribution in [0.5, 0.6) is 0 Å². The van der Waals surface area contributed by atoms with Gasteiger partial charge in [0.05, 0.1) is 5.69 Å². The minimum Gasteiger partial charge on any atom is -0.280 e. The maximum Gasteiger partial charge on any atom is 0.187 e. The molecule has 0 radical (unpaired) electrons. The van der Waals surface area contributed by atoms with Gasteiger partial charge in [0.2, 0.25) is 0 Å². The number of nitrogens with zero attached hydrogens (tertiary/aromatic N) is 4. The van der Waals surface area contributed by atoms with E-state index in [4.69, 9.17) is 4.98 Å². The van der Waals surface area contributed by atoms with Gasteiger partial charge >= 0.3 is 0 Å². The lowest BCUT2D eigenvalue weighted by Crippen LogP contribution is -1.89. The Bertz CT molecular complexity index is 1090. The van der Waals surface area contributed by atoms with Crippen molar-refractivity contribution in [2.45, 2.75) is 13.8 Å². The SMILES string of the molecule is Cc1ccc(-c2nc3cccc(C)n3c2N=Nc2ccc(F)cc2)cc1. The molecule has 26 heavy (non-hydrogen) atoms. The van der Waals surface area contributed by atoms with Gasteiger partial charge in [-0.3, -0.25) is 4.40 Å². The zero-order valence-electron chi connectivity index (χ0n) is 14.5. The molecule has 4 aromatic rings. The fourth-order valence-electron chi connectivity index (χ4n) is 2.85. The van der Waals surface area contributed by atoms with Gasteiger partial charge in [-0.05, 0) is 50.2 Å². The van der Waals surface area contributed by atoms with Gasteiger partial charge in [-0.25, -0.2) is 9.37 Å². The lowest BCUT2D eigenvalue weighted by Gasteiger charge is -2.03. The Kier molecular flexibility index (Phi) is 4.05. The first-order valence-electron chi connectivity index (χ1n) is 8.34. The van der Waals surface area contributed by atoms with Crippen molar-refractivity contribution >= 4 is 17.2 Å². The summed E-state index contributed by atoms with van der Waals surface area (Å²) < 4.78 is 15.1. The molecule has 0 spiro atoms. The first-order valence-corrected chi connectivity index (χ1v) is 8.34. The molecular formula is C21H17FN4. The van der Waals surface area contributed by atoms with Gasteiger partial charge in [0.25, 0.3) is 0 Å². The fourth-order valence-corrected chi connectivity index (χ4v) is 2.85. The van der Waals surface area contributed by atoms with Gasteiger partial charge in [0, 0.05) is 11.3 Å². The number of aryl methyl sites for hydroxylation is 2. The van der Waals surface area contributed by atoms with Gasteiger partial charge in [-0.2, -0.15) is 0 Å². The largest absolute Gasteiger partial charge is 0.280 e. The summed E-state index contributed by atoms with van der Waals surface area (Å²) in [4.78, 5) is 4.75. The van der Waals surface area contributed by atoms with Crippen LogP contribution in [0, 0.1) is 19.7 Å². The molecule has 0 aliphatic carbocycles. The molecule has 0 aliphatic heterocycles. The maximum atomic E-state index is 13.1. The molecule has 2 aromatic heterocycles. The van der Waals surface area contributed by atoms with Crippen LogP contribution in [0.25, 0.3) is 16.9 Å². The molecule has 0 unspecified atom stereocenters. The topological polar surface area (TPSA) is 42.0 Å². The summed E-state index contributed by atoms with van der Waals surface area (Å²) >= 11 is 0. The minimum atomic E-state index is -0.296. The number of pyridine rings is 1. The van der Waals surface area contributed by atoms with E-state index in [9.17, 15) is 4.39 Å². The van der Waals surface area contributed by atoms with Crippen molar-refractivity contribution in [2.24, 2.45) is 10.2 Å². The van der Waals surface area contributed by atoms with Crippen LogP contribution in [0.1, 0.15) is 11.3 Å². The van der Waals surface area contributed by atoms with E-state index < -0.39 is 0 Å². The second-order valence-electron chi connectivity index (χ2n) is 6.19. The molecular weight excluding hydrogens is 327 g/mol. The lowest BCUT2D eigenvalue weighted by atomic mass is 10.1. The smallest absolute Gasteiger partial charge is 0.187 e. The second kappa shape index (κ2) is 6.52. The van der Waals surface area contributed by atoms with Crippen LogP contribution in [-0.4, -0.2) is 9.38 Å². The molecule has 2 aromatic carbocycles. The summed E-state index contributed by atoms with van der Waals surface area (Å²) in [6.45, 7) is 4.05. The number of azo groups is 1. The van der Waals surface area contributed by atoms with Gasteiger partial charge in [-0.15, -0.1) is 10.2 Å². The van der Waals surface area contributed by atoms with Crippen LogP contribution in [0.2, 0.25) is 0 Å². The number of fused-ring (bicyclic) bond motifs is 1. The van der Waals surface area contributed by atoms with Crippen molar-refractivity contribution in [3.8, 4) is 11.3 Å². The molecule has 0 N–H and O–H groups in total. The number of hydrogen-bond acceptors (Lipinski definition) is 3. The third-order valence-electron chi connectivity index (χ3n) is 4.23. The lowest BCUT2D eigenvalue weighted by molar-refractivity contribution is 0.628. The predicted octanol–water partition coefficient (Wildman–Crippen LogP) is 6.17. The highest BCUT2D eigenvalue weighted by atomic mass is 19.1. The molecule has 5 heteroatoms. The first-order chi connectivity index (χ1) is 12.6. The zero-order chi connectivity index (χ0) is 18.1. The van der Waals surface area contributed by atoms with Gasteiger partial charge in [0.1, 0.15) is 17.2 Å². The predicted molar refractivity (Wildman–Crippen MR) is 101 cm³/mol. The molecule has 0 fully saturated rings. The van der Waals surface area contributed by atoms with Crippen LogP contribution >= 0.6 is 0 Å². The Hall–Kier alpha value is -3.34. The average Bonchev–Trinajstić information content (AvgIpc) is 3.02. The fraction of sp³-hybridized carbons (Fsp3) is 0.0952. The number of hydrogen-bond donors (Lipinski definition) is 0. The molecule has 4 rings (SSSR count). The first kappa shape index (κ1) is 16.1. The van der Waals surface area contributed by atoms with Crippen molar-refractivity contribution in [3.05, 3.63) is 83.8 Å². The Morgan fingerprint density at radius 3 is 2.31 bits per heavy atom. The van der Waals surface area contributed by atoms with E-state index in [0.29, 0.717) is 11.5 Å². The summed E-state index contributed by atoms with van der Waals surface area (Å²) in [6.07, 6.45) is 0. The molecule has 0 saturated heterocycles. The molecule has 2 heterocycles. The Labute approximate surface area is 150 Å². The molecule has 0 amide bonds. The van der Waals surface area contributed by atoms with Crippen molar-refractivity contribution < 1.29 is 4.39 Å². The molecule has 128 valence electrons. The van der Waals surface area contributed by atoms with Crippen LogP contribution in [0.3, 0.4) is 0 Å². The quantitative estimate of drug-likeness (QED) is 0.410. The number of halogens is 1. The zero-order valence-corrected chi connectivity index (χ0v) is 14.5. The summed E-state index contributed by atoms with van der Waals surface area (Å²) in [5.41, 5.74) is 5.35. The van der Waals surface area contributed by atoms with E-state index >= 15 is 0 Å². The summed E-state index contributed by atoms with van der Waals surface area (Å²) in [7, 11) is 0. The van der Waals surface area contributed by atoms with Crippen LogP contribution in [0.4, 0.5) is 15.9 Å². The highest BCUT2D eigenvalue weighted by Crippen LogP contribution is 2.33. The number of imidazole rings is 1. The summed E-state index contributed by atoms with van der Waals surface area (Å²) in [5.74, 6) is 0.362. The molecule has 4 nitrogen and oxygen atoms in total. The Morgan fingerprint density at radius 2 is 1.58 bits per heavy atom. The molecule has 0 aliphatic rings. The average molecular weight is 344 g/mol. The number of rotatable bonds is 3. The van der Waals surface area contributed by atoms with Crippen molar-refractivity contribution in [3.63, 3.8) is 0 Å². The van der Waals surface area contributed by atoms with Crippen molar-refractivity contribution in [2.75, 3.05) is 0 Å². The van der Waals surface area contributed by atoms with E-state index in [1.165, 1.54) is 17.7 Å². The Balaban J connectivity index is 1.89. The second-order valence-corrected chi connectivity index (χ2v) is 6.19. The van der Waals surface area contributed by atoms with Gasteiger partial charge in [0.15, 0.2) is 5.82 Å². The molecule has 0 atom stereocenters. The van der Waals surface area contributed by atoms with Crippen LogP contribution in [-0.2, 0) is 0 Å². The highest BCUT2D eigenvalue weighted by molar-refractivity contribution is 5.75. The molecule has 0 saturated carbocycles. The third kappa shape index (κ3) is 2.99. The van der Waals surface area contributed by atoms with Crippen LogP contribution < -0.4 is 0 Å². The van der Waals surface area contributed by atoms with Gasteiger partial charge in [-0.1, -0.05) is 35.9 Å². The number of aromatic nitrogens is 2. The third-order valence-corrected chi connectivity index (χ3v) is 4.23. The van der Waals surface area contributed by atoms with E-state index in [-0.39, 0.29) is 5.82 Å². The van der Waals surface area contributed by atoms with E-state index in [0.717, 1.165) is 22.6 Å². The van der Waals surface area contributed by atoms with E-state index in [1.807, 2.05) is 60.7 Å². The van der Waals surface area contributed by atoms with Crippen LogP contribution in [0.15, 0.2) is 77.0 Å². The van der Waals surface area contributed by atoms with Gasteiger partial charge < -0.3 is 0 Å².